The molecule has 2 aromatic carbocycles. The quantitative estimate of drug-likeness (QED) is 0.343. The number of aryl methyl sites for hydroxylation is 1. The molecule has 0 bridgehead atoms. The molecule has 0 aliphatic heterocycles. The van der Waals surface area contributed by atoms with Crippen molar-refractivity contribution in [2.45, 2.75) is 38.6 Å². The van der Waals surface area contributed by atoms with Crippen molar-refractivity contribution in [3.63, 3.8) is 0 Å². The van der Waals surface area contributed by atoms with Gasteiger partial charge in [0.1, 0.15) is 17.1 Å². The SMILES string of the molecule is Cc1cc(NC2CCC(CNC(=O)c3cccnc3Oc3ccccc3)CC2)nc2ccccc12. The monoisotopic (exact) mass is 466 g/mol. The summed E-state index contributed by atoms with van der Waals surface area (Å²) in [5, 5.41) is 7.93. The maximum atomic E-state index is 12.9. The predicted octanol–water partition coefficient (Wildman–Crippen LogP) is 6.13. The number of rotatable bonds is 7. The summed E-state index contributed by atoms with van der Waals surface area (Å²) in [5.74, 6) is 2.23. The lowest BCUT2D eigenvalue weighted by atomic mass is 9.86. The Kier molecular flexibility index (Phi) is 6.89. The molecule has 2 N–H and O–H groups in total. The van der Waals surface area contributed by atoms with Crippen LogP contribution in [0.3, 0.4) is 0 Å². The number of aromatic nitrogens is 2. The zero-order valence-electron chi connectivity index (χ0n) is 19.9. The minimum atomic E-state index is -0.153. The van der Waals surface area contributed by atoms with Gasteiger partial charge in [0.15, 0.2) is 0 Å². The number of nitrogens with zero attached hydrogens (tertiary/aromatic N) is 2. The Morgan fingerprint density at radius 3 is 2.57 bits per heavy atom. The van der Waals surface area contributed by atoms with Gasteiger partial charge < -0.3 is 15.4 Å². The van der Waals surface area contributed by atoms with Crippen molar-refractivity contribution in [3.8, 4) is 11.6 Å². The minimum Gasteiger partial charge on any atom is -0.438 e. The van der Waals surface area contributed by atoms with Crippen molar-refractivity contribution in [1.29, 1.82) is 0 Å². The van der Waals surface area contributed by atoms with Crippen LogP contribution in [0, 0.1) is 12.8 Å². The number of carbonyl (C=O) groups is 1. The van der Waals surface area contributed by atoms with E-state index < -0.39 is 0 Å². The maximum Gasteiger partial charge on any atom is 0.256 e. The molecule has 1 saturated carbocycles. The van der Waals surface area contributed by atoms with Crippen LogP contribution in [-0.4, -0.2) is 28.5 Å². The molecule has 35 heavy (non-hydrogen) atoms. The lowest BCUT2D eigenvalue weighted by Gasteiger charge is -2.29. The highest BCUT2D eigenvalue weighted by Crippen LogP contribution is 2.28. The van der Waals surface area contributed by atoms with Crippen LogP contribution < -0.4 is 15.4 Å². The van der Waals surface area contributed by atoms with Gasteiger partial charge in [-0.15, -0.1) is 0 Å². The number of amides is 1. The molecule has 2 heterocycles. The minimum absolute atomic E-state index is 0.153. The Morgan fingerprint density at radius 1 is 0.971 bits per heavy atom. The number of benzene rings is 2. The Bertz CT molecular complexity index is 1300. The zero-order chi connectivity index (χ0) is 24.0. The first-order chi connectivity index (χ1) is 17.2. The van der Waals surface area contributed by atoms with Crippen LogP contribution >= 0.6 is 0 Å². The van der Waals surface area contributed by atoms with Crippen molar-refractivity contribution < 1.29 is 9.53 Å². The van der Waals surface area contributed by atoms with E-state index in [0.29, 0.717) is 35.7 Å². The maximum absolute atomic E-state index is 12.9. The van der Waals surface area contributed by atoms with Crippen LogP contribution in [0.2, 0.25) is 0 Å². The largest absolute Gasteiger partial charge is 0.438 e. The second-order valence-electron chi connectivity index (χ2n) is 9.18. The van der Waals surface area contributed by atoms with Crippen molar-refractivity contribution in [1.82, 2.24) is 15.3 Å². The number of carbonyl (C=O) groups excluding carboxylic acids is 1. The van der Waals surface area contributed by atoms with Crippen LogP contribution in [-0.2, 0) is 0 Å². The molecule has 6 heteroatoms. The van der Waals surface area contributed by atoms with Crippen LogP contribution in [0.15, 0.2) is 79.0 Å². The molecule has 4 aromatic rings. The van der Waals surface area contributed by atoms with Crippen molar-refractivity contribution in [3.05, 3.63) is 90.1 Å². The first-order valence-electron chi connectivity index (χ1n) is 12.2. The molecule has 178 valence electrons. The summed E-state index contributed by atoms with van der Waals surface area (Å²) < 4.78 is 5.84. The molecule has 2 aromatic heterocycles. The summed E-state index contributed by atoms with van der Waals surface area (Å²) in [6.45, 7) is 2.78. The van der Waals surface area contributed by atoms with Gasteiger partial charge in [0.25, 0.3) is 5.91 Å². The number of ether oxygens (including phenoxy) is 1. The highest BCUT2D eigenvalue weighted by molar-refractivity contribution is 5.96. The first kappa shape index (κ1) is 22.8. The van der Waals surface area contributed by atoms with Gasteiger partial charge in [-0.25, -0.2) is 9.97 Å². The molecule has 1 aliphatic rings. The number of hydrogen-bond acceptors (Lipinski definition) is 5. The van der Waals surface area contributed by atoms with Gasteiger partial charge in [0, 0.05) is 24.2 Å². The fourth-order valence-corrected chi connectivity index (χ4v) is 4.72. The Labute approximate surface area is 205 Å². The van der Waals surface area contributed by atoms with E-state index in [1.54, 1.807) is 18.3 Å². The third kappa shape index (κ3) is 5.60. The summed E-state index contributed by atoms with van der Waals surface area (Å²) in [6, 6.07) is 23.7. The average molecular weight is 467 g/mol. The van der Waals surface area contributed by atoms with Gasteiger partial charge in [-0.2, -0.15) is 0 Å². The van der Waals surface area contributed by atoms with Gasteiger partial charge in [-0.1, -0.05) is 36.4 Å². The Hall–Kier alpha value is -3.93. The van der Waals surface area contributed by atoms with Crippen LogP contribution in [0.1, 0.15) is 41.6 Å². The van der Waals surface area contributed by atoms with Gasteiger partial charge in [0.2, 0.25) is 5.88 Å². The molecule has 1 fully saturated rings. The zero-order valence-corrected chi connectivity index (χ0v) is 19.9. The summed E-state index contributed by atoms with van der Waals surface area (Å²) in [5.41, 5.74) is 2.71. The first-order valence-corrected chi connectivity index (χ1v) is 12.2. The fourth-order valence-electron chi connectivity index (χ4n) is 4.72. The summed E-state index contributed by atoms with van der Waals surface area (Å²) in [6.07, 6.45) is 5.87. The predicted molar refractivity (Wildman–Crippen MR) is 139 cm³/mol. The number of anilines is 1. The highest BCUT2D eigenvalue weighted by atomic mass is 16.5. The molecule has 1 amide bonds. The third-order valence-corrected chi connectivity index (χ3v) is 6.65. The number of para-hydroxylation sites is 2. The standard InChI is InChI=1S/C29H30N4O2/c1-20-18-27(33-26-12-6-5-10-24(20)26)32-22-15-13-21(14-16-22)19-31-28(34)25-11-7-17-30-29(25)35-23-8-3-2-4-9-23/h2-12,17-18,21-22H,13-16,19H2,1H3,(H,31,34)(H,32,33). The van der Waals surface area contributed by atoms with E-state index in [2.05, 4.69) is 46.8 Å². The summed E-state index contributed by atoms with van der Waals surface area (Å²) in [4.78, 5) is 22.0. The van der Waals surface area contributed by atoms with Gasteiger partial charge >= 0.3 is 0 Å². The van der Waals surface area contributed by atoms with Gasteiger partial charge in [0.05, 0.1) is 5.52 Å². The van der Waals surface area contributed by atoms with Crippen molar-refractivity contribution in [2.24, 2.45) is 5.92 Å². The van der Waals surface area contributed by atoms with Crippen LogP contribution in [0.4, 0.5) is 5.82 Å². The molecule has 0 spiro atoms. The van der Waals surface area contributed by atoms with E-state index in [9.17, 15) is 4.79 Å². The van der Waals surface area contributed by atoms with E-state index in [1.165, 1.54) is 10.9 Å². The van der Waals surface area contributed by atoms with Crippen LogP contribution in [0.25, 0.3) is 10.9 Å². The Morgan fingerprint density at radius 2 is 1.74 bits per heavy atom. The number of pyridine rings is 2. The van der Waals surface area contributed by atoms with E-state index in [1.807, 2.05) is 36.4 Å². The molecule has 5 rings (SSSR count). The van der Waals surface area contributed by atoms with E-state index in [4.69, 9.17) is 9.72 Å². The summed E-state index contributed by atoms with van der Waals surface area (Å²) >= 11 is 0. The molecule has 1 aliphatic carbocycles. The number of fused-ring (bicyclic) bond motifs is 1. The summed E-state index contributed by atoms with van der Waals surface area (Å²) in [7, 11) is 0. The van der Waals surface area contributed by atoms with Crippen LogP contribution in [0.5, 0.6) is 11.6 Å². The van der Waals surface area contributed by atoms with Crippen molar-refractivity contribution >= 4 is 22.6 Å². The van der Waals surface area contributed by atoms with Crippen molar-refractivity contribution in [2.75, 3.05) is 11.9 Å². The molecule has 0 atom stereocenters. The third-order valence-electron chi connectivity index (χ3n) is 6.65. The lowest BCUT2D eigenvalue weighted by Crippen LogP contribution is -2.34. The smallest absolute Gasteiger partial charge is 0.256 e. The Balaban J connectivity index is 1.13. The van der Waals surface area contributed by atoms with E-state index in [-0.39, 0.29) is 5.91 Å². The highest BCUT2D eigenvalue weighted by Gasteiger charge is 2.23. The molecular formula is C29H30N4O2. The average Bonchev–Trinajstić information content (AvgIpc) is 2.89. The molecule has 0 radical (unpaired) electrons. The molecular weight excluding hydrogens is 436 g/mol. The molecule has 6 nitrogen and oxygen atoms in total. The molecule has 0 unspecified atom stereocenters. The van der Waals surface area contributed by atoms with Gasteiger partial charge in [-0.3, -0.25) is 4.79 Å². The van der Waals surface area contributed by atoms with Gasteiger partial charge in [-0.05, 0) is 80.5 Å². The number of nitrogens with one attached hydrogen (secondary N) is 2. The topological polar surface area (TPSA) is 76.1 Å². The number of hydrogen-bond donors (Lipinski definition) is 2. The lowest BCUT2D eigenvalue weighted by molar-refractivity contribution is 0.0940. The molecule has 0 saturated heterocycles. The second-order valence-corrected chi connectivity index (χ2v) is 9.18. The second kappa shape index (κ2) is 10.6. The van der Waals surface area contributed by atoms with E-state index in [0.717, 1.165) is 37.0 Å². The fraction of sp³-hybridized carbons (Fsp3) is 0.276. The van der Waals surface area contributed by atoms with E-state index >= 15 is 0 Å². The normalized spacial score (nSPS) is 17.6.